The molecule has 1 N–H and O–H groups in total. The Labute approximate surface area is 169 Å². The average Bonchev–Trinajstić information content (AvgIpc) is 3.41. The van der Waals surface area contributed by atoms with E-state index in [1.807, 2.05) is 42.2 Å². The molecule has 3 aromatic heterocycles. The molecular weight excluding hydrogens is 395 g/mol. The minimum absolute atomic E-state index is 0.227. The Morgan fingerprint density at radius 3 is 2.68 bits per heavy atom. The summed E-state index contributed by atoms with van der Waals surface area (Å²) in [6.07, 6.45) is 3.48. The molecule has 0 saturated carbocycles. The minimum atomic E-state index is -0.500. The molecule has 8 heteroatoms. The number of aryl methyl sites for hydroxylation is 2. The van der Waals surface area contributed by atoms with Gasteiger partial charge in [-0.3, -0.25) is 4.79 Å². The van der Waals surface area contributed by atoms with Crippen molar-refractivity contribution >= 4 is 28.6 Å². The third-order valence-electron chi connectivity index (χ3n) is 4.33. The van der Waals surface area contributed by atoms with Gasteiger partial charge in [0.25, 0.3) is 5.91 Å². The van der Waals surface area contributed by atoms with E-state index in [-0.39, 0.29) is 11.7 Å². The smallest absolute Gasteiger partial charge is 0.264 e. The first-order chi connectivity index (χ1) is 13.5. The van der Waals surface area contributed by atoms with Gasteiger partial charge in [-0.1, -0.05) is 18.2 Å². The number of rotatable bonds is 5. The summed E-state index contributed by atoms with van der Waals surface area (Å²) in [7, 11) is 1.86. The lowest BCUT2D eigenvalue weighted by atomic mass is 10.1. The number of carbonyl (C=O) groups excluding carboxylic acids is 1. The van der Waals surface area contributed by atoms with E-state index in [4.69, 9.17) is 0 Å². The maximum absolute atomic E-state index is 13.4. The lowest BCUT2D eigenvalue weighted by Gasteiger charge is -2.19. The third kappa shape index (κ3) is 3.61. The van der Waals surface area contributed by atoms with Gasteiger partial charge in [0.05, 0.1) is 10.6 Å². The monoisotopic (exact) mass is 412 g/mol. The van der Waals surface area contributed by atoms with Crippen molar-refractivity contribution in [3.63, 3.8) is 0 Å². The fourth-order valence-corrected chi connectivity index (χ4v) is 4.68. The van der Waals surface area contributed by atoms with Gasteiger partial charge in [-0.15, -0.1) is 22.7 Å². The summed E-state index contributed by atoms with van der Waals surface area (Å²) < 4.78 is 15.2. The molecule has 1 aromatic carbocycles. The van der Waals surface area contributed by atoms with E-state index in [1.165, 1.54) is 23.5 Å². The summed E-state index contributed by atoms with van der Waals surface area (Å²) in [5.41, 5.74) is 1.44. The molecule has 1 atom stereocenters. The molecule has 1 unspecified atom stereocenters. The fraction of sp³-hybridized carbons (Fsp3) is 0.150. The Bertz CT molecular complexity index is 1100. The van der Waals surface area contributed by atoms with E-state index in [2.05, 4.69) is 15.3 Å². The van der Waals surface area contributed by atoms with Crippen molar-refractivity contribution in [2.75, 3.05) is 0 Å². The molecule has 0 radical (unpaired) electrons. The summed E-state index contributed by atoms with van der Waals surface area (Å²) in [5, 5.41) is 5.85. The quantitative estimate of drug-likeness (QED) is 0.522. The van der Waals surface area contributed by atoms with Gasteiger partial charge in [0.1, 0.15) is 27.6 Å². The zero-order chi connectivity index (χ0) is 19.7. The van der Waals surface area contributed by atoms with E-state index in [1.54, 1.807) is 29.7 Å². The molecule has 5 nitrogen and oxygen atoms in total. The van der Waals surface area contributed by atoms with Crippen molar-refractivity contribution in [2.24, 2.45) is 7.05 Å². The first-order valence-corrected chi connectivity index (χ1v) is 10.3. The number of thiazole rings is 1. The summed E-state index contributed by atoms with van der Waals surface area (Å²) >= 11 is 2.96. The Kier molecular flexibility index (Phi) is 5.06. The van der Waals surface area contributed by atoms with Crippen molar-refractivity contribution in [1.82, 2.24) is 19.9 Å². The van der Waals surface area contributed by atoms with Crippen LogP contribution < -0.4 is 5.32 Å². The van der Waals surface area contributed by atoms with Crippen LogP contribution in [-0.4, -0.2) is 20.4 Å². The second kappa shape index (κ2) is 7.65. The van der Waals surface area contributed by atoms with Gasteiger partial charge in [0.15, 0.2) is 0 Å². The van der Waals surface area contributed by atoms with Crippen molar-refractivity contribution in [1.29, 1.82) is 0 Å². The van der Waals surface area contributed by atoms with Crippen LogP contribution in [0.2, 0.25) is 0 Å². The molecule has 0 saturated heterocycles. The standard InChI is InChI=1S/C20H17FN4OS2/c1-12-17(28-20(23-12)15-4-3-11-27-15)19(26)24-16(18-22-9-10-25(18)2)13-5-7-14(21)8-6-13/h3-11,16H,1-2H3,(H,24,26). The summed E-state index contributed by atoms with van der Waals surface area (Å²) in [5.74, 6) is 0.114. The number of hydrogen-bond acceptors (Lipinski definition) is 5. The van der Waals surface area contributed by atoms with E-state index < -0.39 is 6.04 Å². The highest BCUT2D eigenvalue weighted by atomic mass is 32.1. The van der Waals surface area contributed by atoms with Crippen LogP contribution in [0.25, 0.3) is 9.88 Å². The van der Waals surface area contributed by atoms with Gasteiger partial charge >= 0.3 is 0 Å². The Morgan fingerprint density at radius 2 is 2.04 bits per heavy atom. The molecule has 0 bridgehead atoms. The van der Waals surface area contributed by atoms with Gasteiger partial charge in [-0.05, 0) is 36.1 Å². The summed E-state index contributed by atoms with van der Waals surface area (Å²) in [6.45, 7) is 1.83. The van der Waals surface area contributed by atoms with Gasteiger partial charge in [0, 0.05) is 19.4 Å². The predicted octanol–water partition coefficient (Wildman–Crippen LogP) is 4.57. The van der Waals surface area contributed by atoms with E-state index >= 15 is 0 Å². The zero-order valence-corrected chi connectivity index (χ0v) is 16.9. The molecule has 1 amide bonds. The fourth-order valence-electron chi connectivity index (χ4n) is 2.92. The van der Waals surface area contributed by atoms with E-state index in [0.29, 0.717) is 16.4 Å². The molecule has 0 aliphatic rings. The molecule has 0 aliphatic carbocycles. The van der Waals surface area contributed by atoms with Gasteiger partial charge in [-0.2, -0.15) is 0 Å². The summed E-state index contributed by atoms with van der Waals surface area (Å²) in [4.78, 5) is 23.6. The van der Waals surface area contributed by atoms with Crippen LogP contribution in [0.5, 0.6) is 0 Å². The molecular formula is C20H17FN4OS2. The second-order valence-corrected chi connectivity index (χ2v) is 8.21. The van der Waals surface area contributed by atoms with E-state index in [9.17, 15) is 9.18 Å². The molecule has 4 aromatic rings. The second-order valence-electron chi connectivity index (χ2n) is 6.27. The molecule has 0 fully saturated rings. The zero-order valence-electron chi connectivity index (χ0n) is 15.2. The molecule has 0 spiro atoms. The van der Waals surface area contributed by atoms with Crippen LogP contribution in [0.3, 0.4) is 0 Å². The number of amides is 1. The molecule has 4 rings (SSSR count). The number of aromatic nitrogens is 3. The lowest BCUT2D eigenvalue weighted by Crippen LogP contribution is -2.31. The first-order valence-electron chi connectivity index (χ1n) is 8.58. The number of benzene rings is 1. The molecule has 142 valence electrons. The van der Waals surface area contributed by atoms with E-state index in [0.717, 1.165) is 15.4 Å². The lowest BCUT2D eigenvalue weighted by molar-refractivity contribution is 0.0944. The van der Waals surface area contributed by atoms with Crippen molar-refractivity contribution in [2.45, 2.75) is 13.0 Å². The number of hydrogen-bond donors (Lipinski definition) is 1. The Hall–Kier alpha value is -2.84. The number of nitrogens with zero attached hydrogens (tertiary/aromatic N) is 3. The Morgan fingerprint density at radius 1 is 1.25 bits per heavy atom. The third-order valence-corrected chi connectivity index (χ3v) is 6.53. The molecule has 28 heavy (non-hydrogen) atoms. The number of imidazole rings is 1. The SMILES string of the molecule is Cc1nc(-c2cccs2)sc1C(=O)NC(c1ccc(F)cc1)c1nccn1C. The number of carbonyl (C=O) groups is 1. The largest absolute Gasteiger partial charge is 0.337 e. The number of thiophene rings is 1. The molecule has 0 aliphatic heterocycles. The maximum Gasteiger partial charge on any atom is 0.264 e. The minimum Gasteiger partial charge on any atom is -0.337 e. The topological polar surface area (TPSA) is 59.8 Å². The van der Waals surface area contributed by atoms with Crippen LogP contribution in [-0.2, 0) is 7.05 Å². The van der Waals surface area contributed by atoms with Crippen LogP contribution in [0, 0.1) is 12.7 Å². The van der Waals surface area contributed by atoms with Crippen molar-refractivity contribution < 1.29 is 9.18 Å². The van der Waals surface area contributed by atoms with Crippen LogP contribution in [0.15, 0.2) is 54.2 Å². The van der Waals surface area contributed by atoms with Crippen molar-refractivity contribution in [3.05, 3.63) is 81.9 Å². The van der Waals surface area contributed by atoms with Crippen LogP contribution in [0.1, 0.15) is 32.8 Å². The first kappa shape index (κ1) is 18.5. The normalized spacial score (nSPS) is 12.1. The highest BCUT2D eigenvalue weighted by Crippen LogP contribution is 2.31. The predicted molar refractivity (Wildman–Crippen MR) is 109 cm³/mol. The van der Waals surface area contributed by atoms with Crippen LogP contribution >= 0.6 is 22.7 Å². The number of halogens is 1. The van der Waals surface area contributed by atoms with Gasteiger partial charge < -0.3 is 9.88 Å². The van der Waals surface area contributed by atoms with Gasteiger partial charge in [0.2, 0.25) is 0 Å². The van der Waals surface area contributed by atoms with Crippen LogP contribution in [0.4, 0.5) is 4.39 Å². The van der Waals surface area contributed by atoms with Gasteiger partial charge in [-0.25, -0.2) is 14.4 Å². The highest BCUT2D eigenvalue weighted by Gasteiger charge is 2.24. The summed E-state index contributed by atoms with van der Waals surface area (Å²) in [6, 6.07) is 9.52. The number of nitrogens with one attached hydrogen (secondary N) is 1. The molecule has 3 heterocycles. The maximum atomic E-state index is 13.4. The highest BCUT2D eigenvalue weighted by molar-refractivity contribution is 7.22. The Balaban J connectivity index is 1.66. The van der Waals surface area contributed by atoms with Crippen molar-refractivity contribution in [3.8, 4) is 9.88 Å². The average molecular weight is 413 g/mol.